The normalized spacial score (nSPS) is 12.3. The summed E-state index contributed by atoms with van der Waals surface area (Å²) in [4.78, 5) is 11.2. The monoisotopic (exact) mass is 245 g/mol. The van der Waals surface area contributed by atoms with Crippen LogP contribution in [0.2, 0.25) is 0 Å². The molecule has 0 fully saturated rings. The SMILES string of the molecule is COC(=O)[C@H](N)Cc1ccc2cc(O)ccc2c1. The number of hydrogen-bond donors (Lipinski definition) is 2. The number of aromatic hydroxyl groups is 1. The number of fused-ring (bicyclic) bond motifs is 1. The third-order valence-corrected chi connectivity index (χ3v) is 2.85. The van der Waals surface area contributed by atoms with Crippen molar-refractivity contribution in [1.82, 2.24) is 0 Å². The van der Waals surface area contributed by atoms with Crippen LogP contribution in [0.5, 0.6) is 5.75 Å². The average molecular weight is 245 g/mol. The molecule has 0 aromatic heterocycles. The van der Waals surface area contributed by atoms with Gasteiger partial charge in [-0.1, -0.05) is 24.3 Å². The lowest BCUT2D eigenvalue weighted by molar-refractivity contribution is -0.142. The molecule has 0 bridgehead atoms. The van der Waals surface area contributed by atoms with E-state index in [0.717, 1.165) is 16.3 Å². The van der Waals surface area contributed by atoms with Crippen LogP contribution in [-0.2, 0) is 16.0 Å². The van der Waals surface area contributed by atoms with Gasteiger partial charge >= 0.3 is 5.97 Å². The van der Waals surface area contributed by atoms with E-state index in [1.54, 1.807) is 12.1 Å². The Morgan fingerprint density at radius 3 is 2.67 bits per heavy atom. The number of carbonyl (C=O) groups excluding carboxylic acids is 1. The Morgan fingerprint density at radius 1 is 1.28 bits per heavy atom. The second-order valence-corrected chi connectivity index (χ2v) is 4.20. The highest BCUT2D eigenvalue weighted by molar-refractivity contribution is 5.84. The third-order valence-electron chi connectivity index (χ3n) is 2.85. The Balaban J connectivity index is 2.25. The van der Waals surface area contributed by atoms with E-state index in [-0.39, 0.29) is 5.75 Å². The minimum Gasteiger partial charge on any atom is -0.508 e. The van der Waals surface area contributed by atoms with E-state index in [4.69, 9.17) is 5.73 Å². The summed E-state index contributed by atoms with van der Waals surface area (Å²) in [6, 6.07) is 10.3. The summed E-state index contributed by atoms with van der Waals surface area (Å²) >= 11 is 0. The summed E-state index contributed by atoms with van der Waals surface area (Å²) in [5.74, 6) is -0.178. The first-order valence-electron chi connectivity index (χ1n) is 5.65. The number of phenolic OH excluding ortho intramolecular Hbond substituents is 1. The van der Waals surface area contributed by atoms with Crippen LogP contribution in [0.15, 0.2) is 36.4 Å². The van der Waals surface area contributed by atoms with E-state index < -0.39 is 12.0 Å². The molecule has 0 unspecified atom stereocenters. The highest BCUT2D eigenvalue weighted by Gasteiger charge is 2.14. The number of carbonyl (C=O) groups is 1. The molecule has 18 heavy (non-hydrogen) atoms. The molecule has 1 atom stereocenters. The molecular formula is C14H15NO3. The first-order valence-corrected chi connectivity index (χ1v) is 5.65. The highest BCUT2D eigenvalue weighted by atomic mass is 16.5. The molecule has 0 radical (unpaired) electrons. The van der Waals surface area contributed by atoms with Crippen LogP contribution in [0.3, 0.4) is 0 Å². The number of ether oxygens (including phenoxy) is 1. The second kappa shape index (κ2) is 5.06. The Labute approximate surface area is 105 Å². The zero-order valence-corrected chi connectivity index (χ0v) is 10.1. The molecule has 2 rings (SSSR count). The van der Waals surface area contributed by atoms with Crippen molar-refractivity contribution in [3.63, 3.8) is 0 Å². The van der Waals surface area contributed by atoms with Crippen LogP contribution in [-0.4, -0.2) is 24.2 Å². The zero-order valence-electron chi connectivity index (χ0n) is 10.1. The first-order chi connectivity index (χ1) is 8.60. The van der Waals surface area contributed by atoms with E-state index in [1.807, 2.05) is 24.3 Å². The standard InChI is InChI=1S/C14H15NO3/c1-18-14(17)13(15)7-9-2-3-11-8-12(16)5-4-10(11)6-9/h2-6,8,13,16H,7,15H2,1H3/t13-/m1/s1. The fourth-order valence-electron chi connectivity index (χ4n) is 1.90. The maximum Gasteiger partial charge on any atom is 0.322 e. The van der Waals surface area contributed by atoms with Crippen LogP contribution >= 0.6 is 0 Å². The van der Waals surface area contributed by atoms with Crippen molar-refractivity contribution >= 4 is 16.7 Å². The highest BCUT2D eigenvalue weighted by Crippen LogP contribution is 2.21. The minimum atomic E-state index is -0.649. The molecule has 2 aromatic rings. The lowest BCUT2D eigenvalue weighted by Gasteiger charge is -2.10. The van der Waals surface area contributed by atoms with Crippen LogP contribution in [0.1, 0.15) is 5.56 Å². The molecule has 0 aliphatic rings. The van der Waals surface area contributed by atoms with E-state index in [0.29, 0.717) is 6.42 Å². The van der Waals surface area contributed by atoms with E-state index in [1.165, 1.54) is 7.11 Å². The van der Waals surface area contributed by atoms with Gasteiger partial charge in [-0.15, -0.1) is 0 Å². The molecule has 0 spiro atoms. The first kappa shape index (κ1) is 12.4. The Bertz CT molecular complexity index is 580. The fourth-order valence-corrected chi connectivity index (χ4v) is 1.90. The van der Waals surface area contributed by atoms with Crippen LogP contribution in [0, 0.1) is 0 Å². The predicted molar refractivity (Wildman–Crippen MR) is 69.3 cm³/mol. The Morgan fingerprint density at radius 2 is 1.94 bits per heavy atom. The molecule has 0 aliphatic heterocycles. The van der Waals surface area contributed by atoms with Crippen molar-refractivity contribution in [3.8, 4) is 5.75 Å². The van der Waals surface area contributed by atoms with Gasteiger partial charge in [0.25, 0.3) is 0 Å². The number of esters is 1. The van der Waals surface area contributed by atoms with Crippen molar-refractivity contribution in [2.24, 2.45) is 5.73 Å². The molecule has 3 N–H and O–H groups in total. The number of hydrogen-bond acceptors (Lipinski definition) is 4. The molecule has 0 saturated heterocycles. The molecule has 2 aromatic carbocycles. The maximum absolute atomic E-state index is 11.2. The molecular weight excluding hydrogens is 230 g/mol. The second-order valence-electron chi connectivity index (χ2n) is 4.20. The van der Waals surface area contributed by atoms with Gasteiger partial charge in [0.2, 0.25) is 0 Å². The molecule has 0 aliphatic carbocycles. The topological polar surface area (TPSA) is 72.5 Å². The molecule has 0 amide bonds. The zero-order chi connectivity index (χ0) is 13.1. The number of rotatable bonds is 3. The van der Waals surface area contributed by atoms with Gasteiger partial charge in [-0.25, -0.2) is 0 Å². The summed E-state index contributed by atoms with van der Waals surface area (Å²) in [5, 5.41) is 11.3. The number of methoxy groups -OCH3 is 1. The summed E-state index contributed by atoms with van der Waals surface area (Å²) in [5.41, 5.74) is 6.68. The fraction of sp³-hybridized carbons (Fsp3) is 0.214. The summed E-state index contributed by atoms with van der Waals surface area (Å²) in [6.07, 6.45) is 0.434. The summed E-state index contributed by atoms with van der Waals surface area (Å²) in [7, 11) is 1.32. The van der Waals surface area contributed by atoms with Gasteiger partial charge in [0.05, 0.1) is 7.11 Å². The molecule has 0 saturated carbocycles. The van der Waals surface area contributed by atoms with E-state index >= 15 is 0 Å². The number of nitrogens with two attached hydrogens (primary N) is 1. The number of benzene rings is 2. The van der Waals surface area contributed by atoms with Crippen LogP contribution in [0.25, 0.3) is 10.8 Å². The molecule has 4 nitrogen and oxygen atoms in total. The Kier molecular flexibility index (Phi) is 3.48. The van der Waals surface area contributed by atoms with Gasteiger partial charge in [0.1, 0.15) is 11.8 Å². The largest absolute Gasteiger partial charge is 0.508 e. The van der Waals surface area contributed by atoms with Gasteiger partial charge in [-0.3, -0.25) is 4.79 Å². The van der Waals surface area contributed by atoms with Gasteiger partial charge in [0.15, 0.2) is 0 Å². The van der Waals surface area contributed by atoms with E-state index in [9.17, 15) is 9.90 Å². The predicted octanol–water partition coefficient (Wildman–Crippen LogP) is 1.59. The third kappa shape index (κ3) is 2.60. The quantitative estimate of drug-likeness (QED) is 0.805. The lowest BCUT2D eigenvalue weighted by atomic mass is 10.0. The van der Waals surface area contributed by atoms with Gasteiger partial charge < -0.3 is 15.6 Å². The summed E-state index contributed by atoms with van der Waals surface area (Å²) in [6.45, 7) is 0. The van der Waals surface area contributed by atoms with E-state index in [2.05, 4.69) is 4.74 Å². The van der Waals surface area contributed by atoms with Crippen molar-refractivity contribution < 1.29 is 14.6 Å². The minimum absolute atomic E-state index is 0.238. The van der Waals surface area contributed by atoms with Crippen molar-refractivity contribution in [2.45, 2.75) is 12.5 Å². The summed E-state index contributed by atoms with van der Waals surface area (Å²) < 4.78 is 4.59. The average Bonchev–Trinajstić information content (AvgIpc) is 2.38. The van der Waals surface area contributed by atoms with Crippen LogP contribution < -0.4 is 5.73 Å². The van der Waals surface area contributed by atoms with Crippen molar-refractivity contribution in [2.75, 3.05) is 7.11 Å². The molecule has 0 heterocycles. The van der Waals surface area contributed by atoms with Crippen LogP contribution in [0.4, 0.5) is 0 Å². The smallest absolute Gasteiger partial charge is 0.322 e. The van der Waals surface area contributed by atoms with Gasteiger partial charge in [-0.05, 0) is 34.9 Å². The Hall–Kier alpha value is -2.07. The van der Waals surface area contributed by atoms with Gasteiger partial charge in [0, 0.05) is 0 Å². The van der Waals surface area contributed by atoms with Crippen molar-refractivity contribution in [3.05, 3.63) is 42.0 Å². The lowest BCUT2D eigenvalue weighted by Crippen LogP contribution is -2.33. The molecule has 94 valence electrons. The van der Waals surface area contributed by atoms with Gasteiger partial charge in [-0.2, -0.15) is 0 Å². The maximum atomic E-state index is 11.2. The van der Waals surface area contributed by atoms with Crippen molar-refractivity contribution in [1.29, 1.82) is 0 Å². The number of phenols is 1. The molecule has 4 heteroatoms.